The van der Waals surface area contributed by atoms with Crippen molar-refractivity contribution in [2.24, 2.45) is 0 Å². The summed E-state index contributed by atoms with van der Waals surface area (Å²) in [6.07, 6.45) is 0. The molecule has 0 aliphatic heterocycles. The van der Waals surface area contributed by atoms with Crippen molar-refractivity contribution in [1.82, 2.24) is 4.31 Å². The first-order chi connectivity index (χ1) is 9.39. The van der Waals surface area contributed by atoms with Crippen molar-refractivity contribution in [2.75, 3.05) is 19.4 Å². The van der Waals surface area contributed by atoms with Crippen molar-refractivity contribution in [1.29, 1.82) is 0 Å². The maximum atomic E-state index is 11.9. The summed E-state index contributed by atoms with van der Waals surface area (Å²) in [5.41, 5.74) is 0.842. The highest BCUT2D eigenvalue weighted by Crippen LogP contribution is 2.18. The molecule has 108 valence electrons. The quantitative estimate of drug-likeness (QED) is 0.776. The number of halogens is 1. The highest BCUT2D eigenvalue weighted by molar-refractivity contribution is 14.1. The topological polar surface area (TPSA) is 62.6 Å². The second-order valence-electron chi connectivity index (χ2n) is 4.37. The predicted octanol–water partition coefficient (Wildman–Crippen LogP) is 2.75. The van der Waals surface area contributed by atoms with Gasteiger partial charge in [-0.1, -0.05) is 0 Å². The Morgan fingerprint density at radius 1 is 1.15 bits per heavy atom. The van der Waals surface area contributed by atoms with Crippen LogP contribution in [0.5, 0.6) is 0 Å². The number of nitrogens with one attached hydrogen (secondary N) is 1. The molecule has 0 fully saturated rings. The molecule has 1 aromatic carbocycles. The maximum absolute atomic E-state index is 11.9. The van der Waals surface area contributed by atoms with Crippen LogP contribution in [0.1, 0.15) is 5.76 Å². The van der Waals surface area contributed by atoms with Crippen LogP contribution >= 0.6 is 22.6 Å². The van der Waals surface area contributed by atoms with Crippen LogP contribution in [0.25, 0.3) is 0 Å². The van der Waals surface area contributed by atoms with E-state index in [2.05, 4.69) is 27.9 Å². The second-order valence-corrected chi connectivity index (χ2v) is 7.59. The van der Waals surface area contributed by atoms with Gasteiger partial charge in [0.05, 0.1) is 11.4 Å². The van der Waals surface area contributed by atoms with Crippen LogP contribution in [0.15, 0.2) is 45.7 Å². The van der Waals surface area contributed by atoms with Gasteiger partial charge in [0.25, 0.3) is 0 Å². The number of benzene rings is 1. The number of hydrogen-bond donors (Lipinski definition) is 1. The lowest BCUT2D eigenvalue weighted by Crippen LogP contribution is -2.22. The van der Waals surface area contributed by atoms with Crippen LogP contribution < -0.4 is 5.32 Å². The van der Waals surface area contributed by atoms with E-state index in [1.165, 1.54) is 18.4 Å². The number of furan rings is 1. The van der Waals surface area contributed by atoms with Gasteiger partial charge in [0.2, 0.25) is 10.0 Å². The van der Waals surface area contributed by atoms with Crippen LogP contribution in [0, 0.1) is 3.77 Å². The molecule has 20 heavy (non-hydrogen) atoms. The van der Waals surface area contributed by atoms with E-state index < -0.39 is 10.0 Å². The van der Waals surface area contributed by atoms with Crippen LogP contribution in [-0.4, -0.2) is 26.8 Å². The maximum Gasteiger partial charge on any atom is 0.242 e. The lowest BCUT2D eigenvalue weighted by Gasteiger charge is -2.12. The molecule has 7 heteroatoms. The van der Waals surface area contributed by atoms with Gasteiger partial charge in [-0.25, -0.2) is 12.7 Å². The summed E-state index contributed by atoms with van der Waals surface area (Å²) in [6, 6.07) is 10.5. The molecule has 0 bridgehead atoms. The Kier molecular flexibility index (Phi) is 4.71. The number of rotatable bonds is 5. The largest absolute Gasteiger partial charge is 0.454 e. The van der Waals surface area contributed by atoms with Crippen molar-refractivity contribution in [3.8, 4) is 0 Å². The number of anilines is 1. The van der Waals surface area contributed by atoms with Gasteiger partial charge in [-0.15, -0.1) is 0 Å². The van der Waals surface area contributed by atoms with E-state index in [1.807, 2.05) is 12.1 Å². The van der Waals surface area contributed by atoms with E-state index >= 15 is 0 Å². The standard InChI is InChI=1S/C13H15IN2O3S/c1-16(2)20(17,18)12-6-3-10(4-7-12)15-9-11-5-8-13(14)19-11/h3-8,15H,9H2,1-2H3. The SMILES string of the molecule is CN(C)S(=O)(=O)c1ccc(NCc2ccc(I)o2)cc1. The fraction of sp³-hybridized carbons (Fsp3) is 0.231. The summed E-state index contributed by atoms with van der Waals surface area (Å²) in [5.74, 6) is 0.833. The van der Waals surface area contributed by atoms with Gasteiger partial charge in [0.1, 0.15) is 5.76 Å². The molecule has 0 aliphatic carbocycles. The first-order valence-electron chi connectivity index (χ1n) is 5.90. The van der Waals surface area contributed by atoms with Gasteiger partial charge in [-0.2, -0.15) is 0 Å². The van der Waals surface area contributed by atoms with Crippen molar-refractivity contribution >= 4 is 38.3 Å². The fourth-order valence-electron chi connectivity index (χ4n) is 1.59. The smallest absolute Gasteiger partial charge is 0.242 e. The minimum Gasteiger partial charge on any atom is -0.454 e. The minimum atomic E-state index is -3.37. The first-order valence-corrected chi connectivity index (χ1v) is 8.42. The van der Waals surface area contributed by atoms with Crippen molar-refractivity contribution in [2.45, 2.75) is 11.4 Å². The van der Waals surface area contributed by atoms with Gasteiger partial charge in [-0.05, 0) is 59.0 Å². The Morgan fingerprint density at radius 3 is 2.30 bits per heavy atom. The van der Waals surface area contributed by atoms with Crippen LogP contribution in [-0.2, 0) is 16.6 Å². The van der Waals surface area contributed by atoms with Gasteiger partial charge < -0.3 is 9.73 Å². The minimum absolute atomic E-state index is 0.278. The summed E-state index contributed by atoms with van der Waals surface area (Å²) in [6.45, 7) is 0.558. The van der Waals surface area contributed by atoms with Crippen molar-refractivity contribution in [3.05, 3.63) is 45.9 Å². The van der Waals surface area contributed by atoms with Crippen LogP contribution in [0.4, 0.5) is 5.69 Å². The molecular formula is C13H15IN2O3S. The summed E-state index contributed by atoms with van der Waals surface area (Å²) in [7, 11) is -0.344. The molecule has 0 radical (unpaired) electrons. The molecule has 0 aliphatic rings. The molecule has 0 amide bonds. The molecule has 1 heterocycles. The lowest BCUT2D eigenvalue weighted by atomic mass is 10.3. The van der Waals surface area contributed by atoms with Gasteiger partial charge in [0.15, 0.2) is 3.77 Å². The van der Waals surface area contributed by atoms with E-state index in [0.717, 1.165) is 15.2 Å². The molecular weight excluding hydrogens is 391 g/mol. The van der Waals surface area contributed by atoms with Gasteiger partial charge in [0, 0.05) is 19.8 Å². The normalized spacial score (nSPS) is 11.8. The number of nitrogens with zero attached hydrogens (tertiary/aromatic N) is 1. The van der Waals surface area contributed by atoms with Gasteiger partial charge >= 0.3 is 0 Å². The summed E-state index contributed by atoms with van der Waals surface area (Å²) >= 11 is 2.11. The third kappa shape index (κ3) is 3.53. The Hall–Kier alpha value is -1.06. The lowest BCUT2D eigenvalue weighted by molar-refractivity contribution is 0.493. The molecule has 0 unspecified atom stereocenters. The Balaban J connectivity index is 2.05. The second kappa shape index (κ2) is 6.15. The third-order valence-corrected chi connectivity index (χ3v) is 5.14. The molecule has 0 saturated heterocycles. The highest BCUT2D eigenvalue weighted by atomic mass is 127. The Morgan fingerprint density at radius 2 is 1.80 bits per heavy atom. The Bertz CT molecular complexity index is 678. The number of sulfonamides is 1. The molecule has 5 nitrogen and oxygen atoms in total. The highest BCUT2D eigenvalue weighted by Gasteiger charge is 2.16. The van der Waals surface area contributed by atoms with E-state index in [1.54, 1.807) is 24.3 Å². The molecule has 0 spiro atoms. The first kappa shape index (κ1) is 15.3. The molecule has 2 aromatic rings. The van der Waals surface area contributed by atoms with E-state index in [0.29, 0.717) is 6.54 Å². The molecule has 1 N–H and O–H groups in total. The Labute approximate surface area is 132 Å². The van der Waals surface area contributed by atoms with Gasteiger partial charge in [-0.3, -0.25) is 0 Å². The molecule has 2 rings (SSSR count). The van der Waals surface area contributed by atoms with Crippen molar-refractivity contribution < 1.29 is 12.8 Å². The summed E-state index contributed by atoms with van der Waals surface area (Å²) in [5, 5.41) is 3.18. The predicted molar refractivity (Wildman–Crippen MR) is 86.1 cm³/mol. The molecule has 0 saturated carbocycles. The monoisotopic (exact) mass is 406 g/mol. The van der Waals surface area contributed by atoms with Crippen molar-refractivity contribution in [3.63, 3.8) is 0 Å². The van der Waals surface area contributed by atoms with E-state index in [4.69, 9.17) is 4.42 Å². The number of hydrogen-bond acceptors (Lipinski definition) is 4. The fourth-order valence-corrected chi connectivity index (χ4v) is 2.96. The van der Waals surface area contributed by atoms with Crippen LogP contribution in [0.3, 0.4) is 0 Å². The zero-order chi connectivity index (χ0) is 14.8. The zero-order valence-electron chi connectivity index (χ0n) is 11.1. The molecule has 0 atom stereocenters. The molecule has 1 aromatic heterocycles. The summed E-state index contributed by atoms with van der Waals surface area (Å²) < 4.78 is 31.3. The average molecular weight is 406 g/mol. The summed E-state index contributed by atoms with van der Waals surface area (Å²) in [4.78, 5) is 0.278. The van der Waals surface area contributed by atoms with E-state index in [-0.39, 0.29) is 4.90 Å². The zero-order valence-corrected chi connectivity index (χ0v) is 14.1. The van der Waals surface area contributed by atoms with E-state index in [9.17, 15) is 8.42 Å². The average Bonchev–Trinajstić information content (AvgIpc) is 2.82. The van der Waals surface area contributed by atoms with Crippen LogP contribution in [0.2, 0.25) is 0 Å². The third-order valence-electron chi connectivity index (χ3n) is 2.73.